The molecule has 0 amide bonds. The van der Waals surface area contributed by atoms with Crippen molar-refractivity contribution in [2.24, 2.45) is 5.14 Å². The van der Waals surface area contributed by atoms with E-state index >= 15 is 0 Å². The normalized spacial score (nSPS) is 12.3. The Bertz CT molecular complexity index is 606. The fourth-order valence-corrected chi connectivity index (χ4v) is 1.75. The van der Waals surface area contributed by atoms with E-state index in [4.69, 9.17) is 5.14 Å². The molecule has 0 aliphatic carbocycles. The van der Waals surface area contributed by atoms with Gasteiger partial charge in [-0.15, -0.1) is 13.2 Å². The standard InChI is InChI=1S/C7H7F3N2O5S/c1-16-4-3(18(11,14)15)2-12-6(13)5(4)17-7(8,9)10/h2H,1H3,(H,12,13)(H2,11,14,15). The molecule has 1 rings (SSSR count). The number of primary sulfonamides is 1. The molecule has 1 aromatic rings. The Hall–Kier alpha value is -1.75. The number of nitrogens with two attached hydrogens (primary N) is 1. The summed E-state index contributed by atoms with van der Waals surface area (Å²) in [7, 11) is -3.52. The van der Waals surface area contributed by atoms with Gasteiger partial charge in [0.2, 0.25) is 15.8 Å². The molecule has 1 heterocycles. The molecule has 0 fully saturated rings. The van der Waals surface area contributed by atoms with Crippen LogP contribution < -0.4 is 20.2 Å². The molecule has 0 aromatic carbocycles. The number of hydrogen-bond acceptors (Lipinski definition) is 5. The van der Waals surface area contributed by atoms with Crippen LogP contribution in [0, 0.1) is 0 Å². The molecule has 7 nitrogen and oxygen atoms in total. The zero-order valence-electron chi connectivity index (χ0n) is 8.74. The van der Waals surface area contributed by atoms with E-state index in [1.165, 1.54) is 0 Å². The van der Waals surface area contributed by atoms with E-state index in [9.17, 15) is 26.4 Å². The molecule has 0 unspecified atom stereocenters. The zero-order valence-corrected chi connectivity index (χ0v) is 9.55. The van der Waals surface area contributed by atoms with Gasteiger partial charge < -0.3 is 14.5 Å². The summed E-state index contributed by atoms with van der Waals surface area (Å²) in [5, 5.41) is 4.75. The quantitative estimate of drug-likeness (QED) is 0.808. The van der Waals surface area contributed by atoms with Crippen molar-refractivity contribution in [3.63, 3.8) is 0 Å². The van der Waals surface area contributed by atoms with E-state index in [1.807, 2.05) is 0 Å². The molecule has 0 aliphatic rings. The number of ether oxygens (including phenoxy) is 2. The first-order valence-electron chi connectivity index (χ1n) is 4.14. The number of hydrogen-bond donors (Lipinski definition) is 2. The van der Waals surface area contributed by atoms with Crippen LogP contribution in [0.2, 0.25) is 0 Å². The molecule has 18 heavy (non-hydrogen) atoms. The second-order valence-electron chi connectivity index (χ2n) is 2.94. The Balaban J connectivity index is 3.55. The first kappa shape index (κ1) is 14.3. The lowest BCUT2D eigenvalue weighted by Gasteiger charge is -2.13. The summed E-state index contributed by atoms with van der Waals surface area (Å²) in [5.74, 6) is -2.25. The lowest BCUT2D eigenvalue weighted by Crippen LogP contribution is -2.25. The Kier molecular flexibility index (Phi) is 3.57. The van der Waals surface area contributed by atoms with Crippen molar-refractivity contribution in [3.05, 3.63) is 16.6 Å². The van der Waals surface area contributed by atoms with Gasteiger partial charge in [-0.2, -0.15) is 0 Å². The lowest BCUT2D eigenvalue weighted by atomic mass is 10.4. The van der Waals surface area contributed by atoms with Gasteiger partial charge in [0.05, 0.1) is 7.11 Å². The summed E-state index contributed by atoms with van der Waals surface area (Å²) in [5.41, 5.74) is -1.31. The van der Waals surface area contributed by atoms with Crippen LogP contribution in [-0.4, -0.2) is 26.9 Å². The fraction of sp³-hybridized carbons (Fsp3) is 0.286. The topological polar surface area (TPSA) is 111 Å². The third-order valence-corrected chi connectivity index (χ3v) is 2.62. The number of H-pyrrole nitrogens is 1. The van der Waals surface area contributed by atoms with Gasteiger partial charge in [-0.1, -0.05) is 0 Å². The molecule has 11 heteroatoms. The number of rotatable bonds is 3. The number of halogens is 3. The van der Waals surface area contributed by atoms with E-state index < -0.39 is 38.3 Å². The maximum absolute atomic E-state index is 12.1. The van der Waals surface area contributed by atoms with Crippen molar-refractivity contribution in [1.82, 2.24) is 4.98 Å². The highest BCUT2D eigenvalue weighted by Crippen LogP contribution is 2.32. The number of pyridine rings is 1. The summed E-state index contributed by atoms with van der Waals surface area (Å²) in [6.07, 6.45) is -4.57. The van der Waals surface area contributed by atoms with Crippen LogP contribution in [0.5, 0.6) is 11.5 Å². The third kappa shape index (κ3) is 3.13. The smallest absolute Gasteiger partial charge is 0.491 e. The molecule has 0 aliphatic heterocycles. The van der Waals surface area contributed by atoms with Crippen LogP contribution >= 0.6 is 0 Å². The summed E-state index contributed by atoms with van der Waals surface area (Å²) in [4.78, 5) is 12.1. The lowest BCUT2D eigenvalue weighted by molar-refractivity contribution is -0.275. The van der Waals surface area contributed by atoms with Crippen molar-refractivity contribution >= 4 is 10.0 Å². The van der Waals surface area contributed by atoms with Crippen LogP contribution in [0.3, 0.4) is 0 Å². The molecule has 0 saturated heterocycles. The SMILES string of the molecule is COc1c(S(N)(=O)=O)c[nH]c(=O)c1OC(F)(F)F. The third-order valence-electron chi connectivity index (χ3n) is 1.70. The predicted octanol–water partition coefficient (Wildman–Crippen LogP) is -0.0705. The average Bonchev–Trinajstić information content (AvgIpc) is 2.17. The van der Waals surface area contributed by atoms with Crippen molar-refractivity contribution in [1.29, 1.82) is 0 Å². The van der Waals surface area contributed by atoms with E-state index in [0.29, 0.717) is 6.20 Å². The van der Waals surface area contributed by atoms with Crippen LogP contribution in [0.4, 0.5) is 13.2 Å². The number of nitrogens with one attached hydrogen (secondary N) is 1. The van der Waals surface area contributed by atoms with Gasteiger partial charge in [-0.05, 0) is 0 Å². The van der Waals surface area contributed by atoms with Gasteiger partial charge in [-0.3, -0.25) is 4.79 Å². The maximum Gasteiger partial charge on any atom is 0.573 e. The van der Waals surface area contributed by atoms with Gasteiger partial charge in [0.15, 0.2) is 5.75 Å². The Morgan fingerprint density at radius 3 is 2.28 bits per heavy atom. The molecular weight excluding hydrogens is 281 g/mol. The van der Waals surface area contributed by atoms with Crippen molar-refractivity contribution in [3.8, 4) is 11.5 Å². The van der Waals surface area contributed by atoms with E-state index in [1.54, 1.807) is 4.98 Å². The predicted molar refractivity (Wildman–Crippen MR) is 51.7 cm³/mol. The van der Waals surface area contributed by atoms with Crippen LogP contribution in [0.1, 0.15) is 0 Å². The Morgan fingerprint density at radius 2 is 1.89 bits per heavy atom. The van der Waals surface area contributed by atoms with Crippen LogP contribution in [0.15, 0.2) is 15.9 Å². The minimum Gasteiger partial charge on any atom is -0.491 e. The van der Waals surface area contributed by atoms with Gasteiger partial charge in [0, 0.05) is 6.20 Å². The minimum absolute atomic E-state index is 0.611. The molecule has 102 valence electrons. The molecule has 0 radical (unpaired) electrons. The molecule has 3 N–H and O–H groups in total. The Labute approximate surface area is 98.4 Å². The number of sulfonamides is 1. The molecular formula is C7H7F3N2O5S. The molecule has 0 spiro atoms. The van der Waals surface area contributed by atoms with Crippen molar-refractivity contribution in [2.45, 2.75) is 11.3 Å². The number of methoxy groups -OCH3 is 1. The van der Waals surface area contributed by atoms with Gasteiger partial charge in [-0.25, -0.2) is 13.6 Å². The monoisotopic (exact) mass is 288 g/mol. The summed E-state index contributed by atoms with van der Waals surface area (Å²) < 4.78 is 66.2. The zero-order chi connectivity index (χ0) is 14.1. The van der Waals surface area contributed by atoms with Crippen molar-refractivity contribution in [2.75, 3.05) is 7.11 Å². The number of alkyl halides is 3. The van der Waals surface area contributed by atoms with Crippen molar-refractivity contribution < 1.29 is 31.1 Å². The van der Waals surface area contributed by atoms with E-state index in [-0.39, 0.29) is 0 Å². The number of aromatic amines is 1. The first-order chi connectivity index (χ1) is 8.06. The Morgan fingerprint density at radius 1 is 1.33 bits per heavy atom. The van der Waals surface area contributed by atoms with Crippen LogP contribution in [-0.2, 0) is 10.0 Å². The van der Waals surface area contributed by atoms with Gasteiger partial charge in [0.1, 0.15) is 4.90 Å². The molecule has 0 bridgehead atoms. The number of aromatic nitrogens is 1. The van der Waals surface area contributed by atoms with Gasteiger partial charge in [0.25, 0.3) is 5.56 Å². The molecule has 0 atom stereocenters. The minimum atomic E-state index is -5.18. The highest BCUT2D eigenvalue weighted by atomic mass is 32.2. The highest BCUT2D eigenvalue weighted by molar-refractivity contribution is 7.89. The van der Waals surface area contributed by atoms with Crippen LogP contribution in [0.25, 0.3) is 0 Å². The molecule has 1 aromatic heterocycles. The second kappa shape index (κ2) is 4.49. The van der Waals surface area contributed by atoms with Gasteiger partial charge >= 0.3 is 6.36 Å². The summed E-state index contributed by atoms with van der Waals surface area (Å²) in [6.45, 7) is 0. The summed E-state index contributed by atoms with van der Waals surface area (Å²) >= 11 is 0. The molecule has 0 saturated carbocycles. The second-order valence-corrected chi connectivity index (χ2v) is 4.47. The largest absolute Gasteiger partial charge is 0.573 e. The average molecular weight is 288 g/mol. The fourth-order valence-electron chi connectivity index (χ4n) is 1.09. The van der Waals surface area contributed by atoms with E-state index in [2.05, 4.69) is 9.47 Å². The van der Waals surface area contributed by atoms with E-state index in [0.717, 1.165) is 7.11 Å². The highest BCUT2D eigenvalue weighted by Gasteiger charge is 2.35. The first-order valence-corrected chi connectivity index (χ1v) is 5.69. The maximum atomic E-state index is 12.1. The summed E-state index contributed by atoms with van der Waals surface area (Å²) in [6, 6.07) is 0.